The van der Waals surface area contributed by atoms with E-state index in [1.54, 1.807) is 35.2 Å². The maximum atomic E-state index is 12.3. The minimum Gasteiger partial charge on any atom is -0.352 e. The number of halogens is 2. The van der Waals surface area contributed by atoms with Gasteiger partial charge in [0.1, 0.15) is 0 Å². The molecule has 1 aliphatic rings. The fourth-order valence-corrected chi connectivity index (χ4v) is 3.02. The minimum atomic E-state index is -0.358. The van der Waals surface area contributed by atoms with Crippen LogP contribution in [-0.4, -0.2) is 18.4 Å². The highest BCUT2D eigenvalue weighted by atomic mass is 35.5. The first-order valence-corrected chi connectivity index (χ1v) is 8.36. The lowest BCUT2D eigenvalue weighted by atomic mass is 10.1. The summed E-state index contributed by atoms with van der Waals surface area (Å²) in [6.07, 6.45) is 0.207. The first kappa shape index (κ1) is 16.8. The lowest BCUT2D eigenvalue weighted by Crippen LogP contribution is -2.32. The van der Waals surface area contributed by atoms with Crippen molar-refractivity contribution >= 4 is 40.7 Å². The normalized spacial score (nSPS) is 17.2. The van der Waals surface area contributed by atoms with E-state index >= 15 is 0 Å². The number of nitrogens with zero attached hydrogens (tertiary/aromatic N) is 1. The zero-order valence-corrected chi connectivity index (χ0v) is 14.3. The van der Waals surface area contributed by atoms with Crippen LogP contribution in [0.25, 0.3) is 0 Å². The van der Waals surface area contributed by atoms with Gasteiger partial charge < -0.3 is 10.2 Å². The average molecular weight is 363 g/mol. The highest BCUT2D eigenvalue weighted by Crippen LogP contribution is 2.27. The Labute approximate surface area is 150 Å². The Bertz CT molecular complexity index is 762. The van der Waals surface area contributed by atoms with Gasteiger partial charge in [-0.1, -0.05) is 41.4 Å². The molecule has 2 amide bonds. The van der Waals surface area contributed by atoms with Crippen LogP contribution in [0.5, 0.6) is 0 Å². The van der Waals surface area contributed by atoms with Gasteiger partial charge in [-0.3, -0.25) is 9.59 Å². The molecule has 0 bridgehead atoms. The molecular formula is C18H16Cl2N2O2. The van der Waals surface area contributed by atoms with E-state index in [2.05, 4.69) is 5.32 Å². The topological polar surface area (TPSA) is 49.4 Å². The Kier molecular flexibility index (Phi) is 5.07. The van der Waals surface area contributed by atoms with Crippen molar-refractivity contribution in [2.24, 2.45) is 5.92 Å². The Morgan fingerprint density at radius 2 is 1.88 bits per heavy atom. The van der Waals surface area contributed by atoms with Crippen LogP contribution >= 0.6 is 23.2 Å². The summed E-state index contributed by atoms with van der Waals surface area (Å²) in [5.41, 5.74) is 1.68. The van der Waals surface area contributed by atoms with Crippen LogP contribution in [0.4, 0.5) is 5.69 Å². The molecule has 1 atom stereocenters. The van der Waals surface area contributed by atoms with Gasteiger partial charge in [-0.2, -0.15) is 0 Å². The average Bonchev–Trinajstić information content (AvgIpc) is 2.96. The molecule has 3 rings (SSSR count). The second-order valence-corrected chi connectivity index (χ2v) is 6.60. The summed E-state index contributed by atoms with van der Waals surface area (Å²) in [6, 6.07) is 14.4. The van der Waals surface area contributed by atoms with E-state index in [1.807, 2.05) is 18.2 Å². The highest BCUT2D eigenvalue weighted by Gasteiger charge is 2.35. The number of amides is 2. The van der Waals surface area contributed by atoms with Crippen LogP contribution in [0.15, 0.2) is 48.5 Å². The zero-order chi connectivity index (χ0) is 17.1. The second-order valence-electron chi connectivity index (χ2n) is 5.73. The van der Waals surface area contributed by atoms with E-state index in [1.165, 1.54) is 0 Å². The summed E-state index contributed by atoms with van der Waals surface area (Å²) in [7, 11) is 0. The molecule has 2 aromatic carbocycles. The van der Waals surface area contributed by atoms with E-state index in [4.69, 9.17) is 23.2 Å². The fourth-order valence-electron chi connectivity index (χ4n) is 2.71. The van der Waals surface area contributed by atoms with Crippen LogP contribution in [0.1, 0.15) is 12.0 Å². The molecule has 0 spiro atoms. The van der Waals surface area contributed by atoms with Crippen LogP contribution in [0.3, 0.4) is 0 Å². The molecule has 1 saturated heterocycles. The van der Waals surface area contributed by atoms with E-state index < -0.39 is 0 Å². The molecule has 0 saturated carbocycles. The molecule has 6 heteroatoms. The molecule has 0 aliphatic carbocycles. The molecule has 1 fully saturated rings. The van der Waals surface area contributed by atoms with Gasteiger partial charge in [0.05, 0.1) is 5.92 Å². The lowest BCUT2D eigenvalue weighted by Gasteiger charge is -2.17. The quantitative estimate of drug-likeness (QED) is 0.901. The number of hydrogen-bond acceptors (Lipinski definition) is 2. The van der Waals surface area contributed by atoms with E-state index in [9.17, 15) is 9.59 Å². The number of nitrogens with one attached hydrogen (secondary N) is 1. The van der Waals surface area contributed by atoms with Crippen LogP contribution in [-0.2, 0) is 16.1 Å². The van der Waals surface area contributed by atoms with Crippen LogP contribution < -0.4 is 10.2 Å². The van der Waals surface area contributed by atoms with Crippen molar-refractivity contribution in [3.63, 3.8) is 0 Å². The molecule has 0 radical (unpaired) electrons. The van der Waals surface area contributed by atoms with Crippen molar-refractivity contribution in [1.29, 1.82) is 0 Å². The first-order chi connectivity index (χ1) is 11.5. The monoisotopic (exact) mass is 362 g/mol. The third-order valence-electron chi connectivity index (χ3n) is 4.00. The SMILES string of the molecule is O=C(NCc1ccc(Cl)cc1)[C@H]1CC(=O)N(c2cccc(Cl)c2)C1. The molecule has 24 heavy (non-hydrogen) atoms. The number of anilines is 1. The molecule has 1 aliphatic heterocycles. The summed E-state index contributed by atoms with van der Waals surface area (Å²) in [5, 5.41) is 4.10. The third-order valence-corrected chi connectivity index (χ3v) is 4.48. The van der Waals surface area contributed by atoms with Crippen LogP contribution in [0.2, 0.25) is 10.0 Å². The van der Waals surface area contributed by atoms with Crippen molar-refractivity contribution in [2.75, 3.05) is 11.4 Å². The number of rotatable bonds is 4. The van der Waals surface area contributed by atoms with Crippen molar-refractivity contribution in [2.45, 2.75) is 13.0 Å². The maximum absolute atomic E-state index is 12.3. The third kappa shape index (κ3) is 3.89. The van der Waals surface area contributed by atoms with Gasteiger partial charge >= 0.3 is 0 Å². The van der Waals surface area contributed by atoms with Gasteiger partial charge in [0.25, 0.3) is 0 Å². The maximum Gasteiger partial charge on any atom is 0.227 e. The second kappa shape index (κ2) is 7.24. The Morgan fingerprint density at radius 3 is 2.58 bits per heavy atom. The molecule has 1 N–H and O–H groups in total. The Balaban J connectivity index is 1.60. The molecular weight excluding hydrogens is 347 g/mol. The smallest absolute Gasteiger partial charge is 0.227 e. The molecule has 124 valence electrons. The van der Waals surface area contributed by atoms with Gasteiger partial charge in [0.2, 0.25) is 11.8 Å². The van der Waals surface area contributed by atoms with Crippen LogP contribution in [0, 0.1) is 5.92 Å². The Morgan fingerprint density at radius 1 is 1.12 bits per heavy atom. The molecule has 0 aromatic heterocycles. The summed E-state index contributed by atoms with van der Waals surface area (Å²) in [4.78, 5) is 26.1. The van der Waals surface area contributed by atoms with Gasteiger partial charge in [-0.05, 0) is 35.9 Å². The molecule has 0 unspecified atom stereocenters. The predicted molar refractivity (Wildman–Crippen MR) is 95.2 cm³/mol. The predicted octanol–water partition coefficient (Wildman–Crippen LogP) is 3.66. The molecule has 4 nitrogen and oxygen atoms in total. The highest BCUT2D eigenvalue weighted by molar-refractivity contribution is 6.31. The minimum absolute atomic E-state index is 0.0658. The number of benzene rings is 2. The Hall–Kier alpha value is -2.04. The number of hydrogen-bond donors (Lipinski definition) is 1. The van der Waals surface area contributed by atoms with Crippen molar-refractivity contribution in [1.82, 2.24) is 5.32 Å². The van der Waals surface area contributed by atoms with E-state index in [0.717, 1.165) is 11.3 Å². The summed E-state index contributed by atoms with van der Waals surface area (Å²) < 4.78 is 0. The van der Waals surface area contributed by atoms with E-state index in [0.29, 0.717) is 23.1 Å². The van der Waals surface area contributed by atoms with Gasteiger partial charge in [-0.15, -0.1) is 0 Å². The van der Waals surface area contributed by atoms with Gasteiger partial charge in [-0.25, -0.2) is 0 Å². The summed E-state index contributed by atoms with van der Waals surface area (Å²) in [5.74, 6) is -0.546. The molecule has 2 aromatic rings. The lowest BCUT2D eigenvalue weighted by molar-refractivity contribution is -0.126. The van der Waals surface area contributed by atoms with Gasteiger partial charge in [0.15, 0.2) is 0 Å². The van der Waals surface area contributed by atoms with E-state index in [-0.39, 0.29) is 24.2 Å². The van der Waals surface area contributed by atoms with Crippen molar-refractivity contribution < 1.29 is 9.59 Å². The summed E-state index contributed by atoms with van der Waals surface area (Å²) in [6.45, 7) is 0.781. The number of carbonyl (C=O) groups is 2. The standard InChI is InChI=1S/C18H16Cl2N2O2/c19-14-6-4-12(5-7-14)10-21-18(24)13-8-17(23)22(11-13)16-3-1-2-15(20)9-16/h1-7,9,13H,8,10-11H2,(H,21,24)/t13-/m0/s1. The van der Waals surface area contributed by atoms with Gasteiger partial charge in [0, 0.05) is 35.2 Å². The zero-order valence-electron chi connectivity index (χ0n) is 12.8. The van der Waals surface area contributed by atoms with Crippen molar-refractivity contribution in [3.8, 4) is 0 Å². The first-order valence-electron chi connectivity index (χ1n) is 7.61. The largest absolute Gasteiger partial charge is 0.352 e. The fraction of sp³-hybridized carbons (Fsp3) is 0.222. The van der Waals surface area contributed by atoms with Crippen molar-refractivity contribution in [3.05, 3.63) is 64.1 Å². The number of carbonyl (C=O) groups excluding carboxylic acids is 2. The summed E-state index contributed by atoms with van der Waals surface area (Å²) >= 11 is 11.8. The molecule has 1 heterocycles.